The van der Waals surface area contributed by atoms with Crippen LogP contribution in [0.4, 0.5) is 0 Å². The van der Waals surface area contributed by atoms with Gasteiger partial charge in [0.25, 0.3) is 0 Å². The summed E-state index contributed by atoms with van der Waals surface area (Å²) in [5.41, 5.74) is -0.579. The SMILES string of the molecule is CC#CCOc1cccc2cc([C@]3(C)CC(=O)N(C)C(=N)N3)sc12. The summed E-state index contributed by atoms with van der Waals surface area (Å²) in [4.78, 5) is 14.5. The number of nitrogens with zero attached hydrogens (tertiary/aromatic N) is 1. The number of carbonyl (C=O) groups excluding carboxylic acids is 1. The number of ether oxygens (including phenoxy) is 1. The zero-order valence-electron chi connectivity index (χ0n) is 13.9. The Bertz CT molecular complexity index is 857. The molecular weight excluding hydrogens is 322 g/mol. The van der Waals surface area contributed by atoms with E-state index in [9.17, 15) is 4.79 Å². The maximum atomic E-state index is 12.2. The fourth-order valence-corrected chi connectivity index (χ4v) is 3.92. The number of hydrogen-bond acceptors (Lipinski definition) is 4. The molecule has 0 radical (unpaired) electrons. The van der Waals surface area contributed by atoms with Gasteiger partial charge in [0.2, 0.25) is 5.91 Å². The van der Waals surface area contributed by atoms with Crippen LogP contribution in [0.3, 0.4) is 0 Å². The van der Waals surface area contributed by atoms with Crippen molar-refractivity contribution in [3.05, 3.63) is 29.1 Å². The number of nitrogens with one attached hydrogen (secondary N) is 2. The van der Waals surface area contributed by atoms with Crippen molar-refractivity contribution in [3.8, 4) is 17.6 Å². The van der Waals surface area contributed by atoms with Gasteiger partial charge < -0.3 is 10.1 Å². The second-order valence-corrected chi connectivity index (χ2v) is 6.99. The highest BCUT2D eigenvalue weighted by Gasteiger charge is 2.39. The quantitative estimate of drug-likeness (QED) is 0.844. The number of thiophene rings is 1. The lowest BCUT2D eigenvalue weighted by Crippen LogP contribution is -2.57. The lowest BCUT2D eigenvalue weighted by atomic mass is 9.93. The average Bonchev–Trinajstić information content (AvgIpc) is 2.99. The molecule has 0 bridgehead atoms. The monoisotopic (exact) mass is 341 g/mol. The average molecular weight is 341 g/mol. The highest BCUT2D eigenvalue weighted by Crippen LogP contribution is 2.40. The molecule has 24 heavy (non-hydrogen) atoms. The van der Waals surface area contributed by atoms with Gasteiger partial charge in [-0.3, -0.25) is 15.1 Å². The van der Waals surface area contributed by atoms with Gasteiger partial charge >= 0.3 is 0 Å². The van der Waals surface area contributed by atoms with E-state index < -0.39 is 5.54 Å². The minimum atomic E-state index is -0.579. The van der Waals surface area contributed by atoms with Crippen molar-refractivity contribution >= 4 is 33.3 Å². The van der Waals surface area contributed by atoms with E-state index in [1.54, 1.807) is 25.3 Å². The molecule has 6 heteroatoms. The molecule has 124 valence electrons. The molecule has 1 aromatic carbocycles. The molecule has 1 atom stereocenters. The van der Waals surface area contributed by atoms with E-state index in [0.29, 0.717) is 13.0 Å². The van der Waals surface area contributed by atoms with Crippen LogP contribution >= 0.6 is 11.3 Å². The molecule has 0 spiro atoms. The van der Waals surface area contributed by atoms with Gasteiger partial charge in [0.15, 0.2) is 5.96 Å². The standard InChI is InChI=1S/C18H19N3O2S/c1-4-5-9-23-13-8-6-7-12-10-14(24-16(12)13)18(2)11-15(22)21(3)17(19)20-18/h6-8,10H,9,11H2,1-3H3,(H2,19,20)/t18-/m0/s1. The maximum absolute atomic E-state index is 12.2. The molecule has 1 saturated heterocycles. The largest absolute Gasteiger partial charge is 0.479 e. The van der Waals surface area contributed by atoms with Gasteiger partial charge in [-0.1, -0.05) is 18.1 Å². The molecule has 1 fully saturated rings. The van der Waals surface area contributed by atoms with Crippen LogP contribution in [0.2, 0.25) is 0 Å². The molecule has 2 heterocycles. The molecule has 0 aliphatic carbocycles. The zero-order chi connectivity index (χ0) is 17.3. The third-order valence-corrected chi connectivity index (χ3v) is 5.57. The minimum Gasteiger partial charge on any atom is -0.479 e. The molecular formula is C18H19N3O2S. The number of benzene rings is 1. The van der Waals surface area contributed by atoms with E-state index in [1.807, 2.05) is 25.1 Å². The first-order valence-corrected chi connectivity index (χ1v) is 8.45. The van der Waals surface area contributed by atoms with Gasteiger partial charge in [-0.25, -0.2) is 0 Å². The van der Waals surface area contributed by atoms with Crippen LogP contribution in [0.25, 0.3) is 10.1 Å². The maximum Gasteiger partial charge on any atom is 0.231 e. The van der Waals surface area contributed by atoms with E-state index in [-0.39, 0.29) is 11.9 Å². The summed E-state index contributed by atoms with van der Waals surface area (Å²) < 4.78 is 6.79. The van der Waals surface area contributed by atoms with Crippen LogP contribution in [0.15, 0.2) is 24.3 Å². The Hall–Kier alpha value is -2.52. The third-order valence-electron chi connectivity index (χ3n) is 4.14. The second-order valence-electron chi connectivity index (χ2n) is 5.94. The minimum absolute atomic E-state index is 0.0617. The first-order valence-electron chi connectivity index (χ1n) is 7.63. The lowest BCUT2D eigenvalue weighted by Gasteiger charge is -2.38. The fourth-order valence-electron chi connectivity index (χ4n) is 2.69. The van der Waals surface area contributed by atoms with E-state index in [2.05, 4.69) is 23.2 Å². The summed E-state index contributed by atoms with van der Waals surface area (Å²) in [6.45, 7) is 4.10. The van der Waals surface area contributed by atoms with Crippen molar-refractivity contribution < 1.29 is 9.53 Å². The number of hydrogen-bond donors (Lipinski definition) is 2. The van der Waals surface area contributed by atoms with Crippen LogP contribution in [0, 0.1) is 17.3 Å². The van der Waals surface area contributed by atoms with Gasteiger partial charge in [0.05, 0.1) is 16.7 Å². The van der Waals surface area contributed by atoms with Gasteiger partial charge in [0, 0.05) is 11.9 Å². The Morgan fingerprint density at radius 3 is 3.00 bits per heavy atom. The lowest BCUT2D eigenvalue weighted by molar-refractivity contribution is -0.129. The van der Waals surface area contributed by atoms with Crippen LogP contribution in [-0.4, -0.2) is 30.4 Å². The van der Waals surface area contributed by atoms with E-state index in [1.165, 1.54) is 4.90 Å². The highest BCUT2D eigenvalue weighted by atomic mass is 32.1. The third kappa shape index (κ3) is 2.83. The number of guanidine groups is 1. The molecule has 0 unspecified atom stereocenters. The van der Waals surface area contributed by atoms with Gasteiger partial charge in [-0.05, 0) is 31.4 Å². The molecule has 3 rings (SSSR count). The Morgan fingerprint density at radius 2 is 2.29 bits per heavy atom. The number of fused-ring (bicyclic) bond motifs is 1. The Morgan fingerprint density at radius 1 is 1.50 bits per heavy atom. The predicted octanol–water partition coefficient (Wildman–Crippen LogP) is 2.91. The molecule has 5 nitrogen and oxygen atoms in total. The summed E-state index contributed by atoms with van der Waals surface area (Å²) in [6.07, 6.45) is 0.316. The first-order chi connectivity index (χ1) is 11.4. The van der Waals surface area contributed by atoms with Gasteiger partial charge in [-0.15, -0.1) is 17.3 Å². The van der Waals surface area contributed by atoms with Crippen molar-refractivity contribution in [2.45, 2.75) is 25.8 Å². The molecule has 2 aromatic rings. The Balaban J connectivity index is 1.98. The molecule has 2 N–H and O–H groups in total. The van der Waals surface area contributed by atoms with Crippen molar-refractivity contribution in [1.82, 2.24) is 10.2 Å². The first kappa shape index (κ1) is 16.3. The van der Waals surface area contributed by atoms with Crippen LogP contribution in [0.1, 0.15) is 25.1 Å². The Labute approximate surface area is 145 Å². The second kappa shape index (κ2) is 6.17. The van der Waals surface area contributed by atoms with Gasteiger partial charge in [-0.2, -0.15) is 0 Å². The predicted molar refractivity (Wildman–Crippen MR) is 96.4 cm³/mol. The zero-order valence-corrected chi connectivity index (χ0v) is 14.7. The number of amides is 1. The van der Waals surface area contributed by atoms with E-state index in [0.717, 1.165) is 20.7 Å². The summed E-state index contributed by atoms with van der Waals surface area (Å²) in [7, 11) is 1.61. The van der Waals surface area contributed by atoms with Crippen molar-refractivity contribution in [2.24, 2.45) is 0 Å². The number of carbonyl (C=O) groups is 1. The number of rotatable bonds is 3. The van der Waals surface area contributed by atoms with Crippen molar-refractivity contribution in [1.29, 1.82) is 5.41 Å². The summed E-state index contributed by atoms with van der Waals surface area (Å²) in [5, 5.41) is 12.2. The molecule has 1 aliphatic rings. The summed E-state index contributed by atoms with van der Waals surface area (Å²) in [6, 6.07) is 7.97. The summed E-state index contributed by atoms with van der Waals surface area (Å²) >= 11 is 1.59. The van der Waals surface area contributed by atoms with Crippen LogP contribution < -0.4 is 10.1 Å². The Kier molecular flexibility index (Phi) is 4.20. The fraction of sp³-hybridized carbons (Fsp3) is 0.333. The van der Waals surface area contributed by atoms with Crippen LogP contribution in [0.5, 0.6) is 5.75 Å². The van der Waals surface area contributed by atoms with Crippen LogP contribution in [-0.2, 0) is 10.3 Å². The highest BCUT2D eigenvalue weighted by molar-refractivity contribution is 7.19. The van der Waals surface area contributed by atoms with E-state index in [4.69, 9.17) is 10.1 Å². The normalized spacial score (nSPS) is 20.5. The molecule has 0 saturated carbocycles. The van der Waals surface area contributed by atoms with Gasteiger partial charge in [0.1, 0.15) is 12.4 Å². The summed E-state index contributed by atoms with van der Waals surface area (Å²) in [5.74, 6) is 6.57. The van der Waals surface area contributed by atoms with Crippen molar-refractivity contribution in [3.63, 3.8) is 0 Å². The smallest absolute Gasteiger partial charge is 0.231 e. The van der Waals surface area contributed by atoms with E-state index >= 15 is 0 Å². The molecule has 1 amide bonds. The molecule has 1 aromatic heterocycles. The topological polar surface area (TPSA) is 65.4 Å². The van der Waals surface area contributed by atoms with Crippen molar-refractivity contribution in [2.75, 3.05) is 13.7 Å². The molecule has 1 aliphatic heterocycles.